The maximum Gasteiger partial charge on any atom is 0.149 e. The highest BCUT2D eigenvalue weighted by Gasteiger charge is 2.30. The number of aryl methyl sites for hydroxylation is 1. The van der Waals surface area contributed by atoms with Crippen LogP contribution in [-0.2, 0) is 0 Å². The van der Waals surface area contributed by atoms with Crippen LogP contribution < -0.4 is 9.80 Å². The molecule has 0 atom stereocenters. The van der Waals surface area contributed by atoms with Crippen molar-refractivity contribution in [2.75, 3.05) is 37.0 Å². The first-order chi connectivity index (χ1) is 27.9. The Hall–Kier alpha value is -6.07. The second kappa shape index (κ2) is 12.5. The molecule has 10 rings (SSSR count). The van der Waals surface area contributed by atoms with E-state index in [1.165, 1.54) is 22.3 Å². The maximum atomic E-state index is 8.73. The smallest absolute Gasteiger partial charge is 0.149 e. The number of hydrogen-bond donors (Lipinski definition) is 0. The molecule has 2 aromatic heterocycles. The molecule has 0 N–H and O–H groups in total. The molecule has 1 aliphatic heterocycles. The molecule has 0 aliphatic carbocycles. The van der Waals surface area contributed by atoms with Gasteiger partial charge in [-0.3, -0.25) is 4.57 Å². The summed E-state index contributed by atoms with van der Waals surface area (Å²) in [5, 5.41) is 5.75. The zero-order valence-corrected chi connectivity index (χ0v) is 32.2. The van der Waals surface area contributed by atoms with Crippen LogP contribution in [0.4, 0.5) is 11.4 Å². The minimum atomic E-state index is -2.37. The van der Waals surface area contributed by atoms with Crippen LogP contribution in [0.1, 0.15) is 60.3 Å². The lowest BCUT2D eigenvalue weighted by atomic mass is 9.88. The molecule has 3 heterocycles. The average Bonchev–Trinajstić information content (AvgIpc) is 3.79. The van der Waals surface area contributed by atoms with Gasteiger partial charge in [0.1, 0.15) is 17.0 Å². The molecule has 0 spiro atoms. The minimum Gasteiger partial charge on any atom is -0.455 e. The van der Waals surface area contributed by atoms with Gasteiger partial charge >= 0.3 is 0 Å². The van der Waals surface area contributed by atoms with Crippen LogP contribution in [0.3, 0.4) is 0 Å². The molecule has 5 heteroatoms. The second-order valence-corrected chi connectivity index (χ2v) is 15.9. The molecular weight excluding hydrogens is 673 g/mol. The maximum absolute atomic E-state index is 8.73. The number of fused-ring (bicyclic) bond motifs is 9. The third-order valence-electron chi connectivity index (χ3n) is 11.8. The first-order valence-electron chi connectivity index (χ1n) is 20.9. The molecule has 1 aliphatic rings. The summed E-state index contributed by atoms with van der Waals surface area (Å²) in [5.41, 5.74) is 12.3. The van der Waals surface area contributed by atoms with Crippen molar-refractivity contribution >= 4 is 65.9 Å². The number of likely N-dealkylation sites (N-methyl/N-ethyl adjacent to an activating group) is 2. The van der Waals surface area contributed by atoms with Gasteiger partial charge in [0.2, 0.25) is 0 Å². The van der Waals surface area contributed by atoms with Gasteiger partial charge in [-0.15, -0.1) is 0 Å². The molecule has 5 nitrogen and oxygen atoms in total. The number of furan rings is 1. The van der Waals surface area contributed by atoms with E-state index in [1.807, 2.05) is 12.1 Å². The quantitative estimate of drug-likeness (QED) is 0.166. The molecule has 9 aromatic rings. The highest BCUT2D eigenvalue weighted by atomic mass is 16.3. The fourth-order valence-corrected chi connectivity index (χ4v) is 8.93. The van der Waals surface area contributed by atoms with Crippen LogP contribution in [0, 0.1) is 6.85 Å². The first kappa shape index (κ1) is 30.3. The van der Waals surface area contributed by atoms with Gasteiger partial charge in [0.15, 0.2) is 0 Å². The van der Waals surface area contributed by atoms with Crippen LogP contribution in [0.2, 0.25) is 0 Å². The summed E-state index contributed by atoms with van der Waals surface area (Å²) >= 11 is 0. The van der Waals surface area contributed by atoms with Crippen molar-refractivity contribution in [1.82, 2.24) is 9.55 Å². The van der Waals surface area contributed by atoms with E-state index in [0.717, 1.165) is 79.5 Å². The van der Waals surface area contributed by atoms with E-state index in [4.69, 9.17) is 13.5 Å². The van der Waals surface area contributed by atoms with Crippen molar-refractivity contribution in [2.45, 2.75) is 46.4 Å². The summed E-state index contributed by atoms with van der Waals surface area (Å²) < 4.78 is 35.5. The van der Waals surface area contributed by atoms with E-state index < -0.39 is 6.85 Å². The fourth-order valence-electron chi connectivity index (χ4n) is 8.93. The summed E-state index contributed by atoms with van der Waals surface area (Å²) in [4.78, 5) is 10.2. The standard InChI is InChI=1S/C50H46N4O/c1-29(2)38-26-35(32-13-9-8-10-14-32)27-39(30(3)4)46(38)54-47-42(21-22-43-48(47)53(7)24-23-52(43)6)51-50(54)37-20-17-31(5)45-41-25-34-19-18-33-15-11-12-16-36(33)40(34)28-44(41)55-49(37)45/h8-22,25-30H,23-24H2,1-7H3/i5D3. The first-order valence-corrected chi connectivity index (χ1v) is 19.4. The monoisotopic (exact) mass is 721 g/mol. The van der Waals surface area contributed by atoms with Crippen LogP contribution >= 0.6 is 0 Å². The summed E-state index contributed by atoms with van der Waals surface area (Å²) in [6.07, 6.45) is 0. The highest BCUT2D eigenvalue weighted by molar-refractivity contribution is 6.18. The summed E-state index contributed by atoms with van der Waals surface area (Å²) in [6, 6.07) is 40.1. The molecule has 0 fully saturated rings. The molecule has 0 bridgehead atoms. The van der Waals surface area contributed by atoms with E-state index >= 15 is 0 Å². The lowest BCUT2D eigenvalue weighted by Crippen LogP contribution is -2.37. The topological polar surface area (TPSA) is 37.4 Å². The zero-order valence-electron chi connectivity index (χ0n) is 35.2. The minimum absolute atomic E-state index is 0.174. The Morgan fingerprint density at radius 1 is 0.655 bits per heavy atom. The van der Waals surface area contributed by atoms with Crippen LogP contribution in [0.25, 0.3) is 82.7 Å². The van der Waals surface area contributed by atoms with Gasteiger partial charge in [-0.1, -0.05) is 100 Å². The Morgan fingerprint density at radius 2 is 1.38 bits per heavy atom. The molecule has 0 saturated carbocycles. The van der Waals surface area contributed by atoms with Gasteiger partial charge in [0.05, 0.1) is 33.7 Å². The van der Waals surface area contributed by atoms with Gasteiger partial charge in [-0.25, -0.2) is 4.98 Å². The predicted octanol–water partition coefficient (Wildman–Crippen LogP) is 13.0. The third kappa shape index (κ3) is 5.09. The molecular formula is C50H46N4O. The van der Waals surface area contributed by atoms with Crippen molar-refractivity contribution in [3.8, 4) is 28.2 Å². The average molecular weight is 722 g/mol. The number of rotatable bonds is 5. The van der Waals surface area contributed by atoms with E-state index in [0.29, 0.717) is 16.6 Å². The van der Waals surface area contributed by atoms with Gasteiger partial charge in [0.25, 0.3) is 0 Å². The van der Waals surface area contributed by atoms with Crippen molar-refractivity contribution in [3.63, 3.8) is 0 Å². The van der Waals surface area contributed by atoms with Gasteiger partial charge in [0, 0.05) is 42.1 Å². The van der Waals surface area contributed by atoms with E-state index in [1.54, 1.807) is 6.07 Å². The Labute approximate surface area is 326 Å². The Kier molecular flexibility index (Phi) is 6.88. The Balaban J connectivity index is 1.37. The number of benzene rings is 7. The van der Waals surface area contributed by atoms with E-state index in [9.17, 15) is 0 Å². The van der Waals surface area contributed by atoms with Gasteiger partial charge < -0.3 is 14.2 Å². The molecule has 272 valence electrons. The van der Waals surface area contributed by atoms with Crippen LogP contribution in [-0.4, -0.2) is 36.7 Å². The molecule has 0 saturated heterocycles. The number of anilines is 2. The summed E-state index contributed by atoms with van der Waals surface area (Å²) in [6.45, 7) is 8.47. The molecule has 55 heavy (non-hydrogen) atoms. The van der Waals surface area contributed by atoms with Crippen LogP contribution in [0.5, 0.6) is 0 Å². The molecule has 0 amide bonds. The third-order valence-corrected chi connectivity index (χ3v) is 11.8. The number of aromatic nitrogens is 2. The number of hydrogen-bond acceptors (Lipinski definition) is 4. The normalized spacial score (nSPS) is 14.5. The van der Waals surface area contributed by atoms with Gasteiger partial charge in [-0.2, -0.15) is 0 Å². The summed E-state index contributed by atoms with van der Waals surface area (Å²) in [7, 11) is 4.33. The number of nitrogens with zero attached hydrogens (tertiary/aromatic N) is 4. The van der Waals surface area contributed by atoms with Gasteiger partial charge in [-0.05, 0) is 111 Å². The molecule has 7 aromatic carbocycles. The lowest BCUT2D eigenvalue weighted by molar-refractivity contribution is 0.670. The Morgan fingerprint density at radius 3 is 2.15 bits per heavy atom. The van der Waals surface area contributed by atoms with Crippen molar-refractivity contribution < 1.29 is 8.53 Å². The highest BCUT2D eigenvalue weighted by Crippen LogP contribution is 2.47. The fraction of sp³-hybridized carbons (Fsp3) is 0.220. The van der Waals surface area contributed by atoms with Crippen molar-refractivity contribution in [2.24, 2.45) is 0 Å². The molecule has 0 unspecified atom stereocenters. The summed E-state index contributed by atoms with van der Waals surface area (Å²) in [5.74, 6) is 1.07. The van der Waals surface area contributed by atoms with E-state index in [2.05, 4.69) is 153 Å². The Bertz CT molecular complexity index is 3070. The van der Waals surface area contributed by atoms with Crippen LogP contribution in [0.15, 0.2) is 120 Å². The number of imidazole rings is 1. The van der Waals surface area contributed by atoms with Crippen molar-refractivity contribution in [3.05, 3.63) is 132 Å². The second-order valence-electron chi connectivity index (χ2n) is 15.9. The zero-order chi connectivity index (χ0) is 40.2. The SMILES string of the molecule is [2H]C([2H])([2H])c1ccc(-c2nc3ccc4c(c3n2-c2c(C(C)C)cc(-c3ccccc3)cc2C(C)C)N(C)CCN4C)c2oc3cc4c(ccc5ccccc54)cc3c12. The lowest BCUT2D eigenvalue weighted by Gasteiger charge is -2.35. The predicted molar refractivity (Wildman–Crippen MR) is 234 cm³/mol. The largest absolute Gasteiger partial charge is 0.455 e. The van der Waals surface area contributed by atoms with E-state index in [-0.39, 0.29) is 17.4 Å². The molecule has 0 radical (unpaired) electrons. The van der Waals surface area contributed by atoms with Crippen molar-refractivity contribution in [1.29, 1.82) is 0 Å².